The van der Waals surface area contributed by atoms with Crippen LogP contribution in [0.2, 0.25) is 0 Å². The van der Waals surface area contributed by atoms with Crippen molar-refractivity contribution in [3.8, 4) is 5.75 Å². The summed E-state index contributed by atoms with van der Waals surface area (Å²) in [6.45, 7) is 1.93. The maximum Gasteiger partial charge on any atom is 0.326 e. The number of carbonyl (C=O) groups is 4. The first kappa shape index (κ1) is 32.9. The van der Waals surface area contributed by atoms with Crippen LogP contribution in [0.15, 0.2) is 72.8 Å². The third-order valence-electron chi connectivity index (χ3n) is 7.21. The van der Waals surface area contributed by atoms with Gasteiger partial charge in [0.25, 0.3) is 5.91 Å². The van der Waals surface area contributed by atoms with E-state index in [0.29, 0.717) is 17.0 Å². The maximum atomic E-state index is 13.6. The number of carboxylic acids is 1. The summed E-state index contributed by atoms with van der Waals surface area (Å²) in [5.41, 5.74) is 0.713. The van der Waals surface area contributed by atoms with Crippen LogP contribution < -0.4 is 20.3 Å². The molecule has 3 amide bonds. The van der Waals surface area contributed by atoms with E-state index in [2.05, 4.69) is 10.6 Å². The molecule has 4 rings (SSSR count). The lowest BCUT2D eigenvalue weighted by Crippen LogP contribution is -2.57. The molecule has 0 bridgehead atoms. The van der Waals surface area contributed by atoms with Crippen molar-refractivity contribution in [3.05, 3.63) is 95.6 Å². The third-order valence-corrected chi connectivity index (χ3v) is 8.54. The van der Waals surface area contributed by atoms with Crippen molar-refractivity contribution in [1.82, 2.24) is 10.6 Å². The summed E-state index contributed by atoms with van der Waals surface area (Å²) < 4.78 is 40.0. The molecular weight excluding hydrogens is 620 g/mol. The molecular formula is C33H35F2N3O7S. The number of hydrogen-bond acceptors (Lipinski definition) is 7. The highest BCUT2D eigenvalue weighted by Gasteiger charge is 2.49. The number of aliphatic hydroxyl groups excluding tert-OH is 1. The van der Waals surface area contributed by atoms with Crippen LogP contribution in [0.5, 0.6) is 5.75 Å². The molecule has 4 N–H and O–H groups in total. The largest absolute Gasteiger partial charge is 0.484 e. The van der Waals surface area contributed by atoms with Gasteiger partial charge in [0.15, 0.2) is 6.61 Å². The first-order valence-corrected chi connectivity index (χ1v) is 15.3. The number of hydrogen-bond donors (Lipinski definition) is 4. The fourth-order valence-corrected chi connectivity index (χ4v) is 6.06. The number of halogens is 2. The number of carboxylic acid groups (broad SMARTS) is 1. The minimum absolute atomic E-state index is 0.170. The second kappa shape index (κ2) is 14.7. The van der Waals surface area contributed by atoms with Crippen LogP contribution in [0.1, 0.15) is 45.4 Å². The van der Waals surface area contributed by atoms with E-state index in [1.54, 1.807) is 38.1 Å². The highest BCUT2D eigenvalue weighted by molar-refractivity contribution is 8.00. The second-order valence-corrected chi connectivity index (χ2v) is 12.6. The fourth-order valence-electron chi connectivity index (χ4n) is 4.76. The number of amides is 3. The molecule has 0 radical (unpaired) electrons. The van der Waals surface area contributed by atoms with Crippen molar-refractivity contribution in [2.45, 2.75) is 44.2 Å². The Morgan fingerprint density at radius 2 is 1.61 bits per heavy atom. The molecule has 1 heterocycles. The molecule has 3 aromatic carbocycles. The molecule has 0 aliphatic carbocycles. The van der Waals surface area contributed by atoms with E-state index in [9.17, 15) is 38.2 Å². The van der Waals surface area contributed by atoms with Gasteiger partial charge in [-0.1, -0.05) is 45.0 Å². The molecule has 0 unspecified atom stereocenters. The van der Waals surface area contributed by atoms with E-state index >= 15 is 0 Å². The highest BCUT2D eigenvalue weighted by Crippen LogP contribution is 2.46. The number of ether oxygens (including phenoxy) is 1. The molecule has 244 valence electrons. The number of rotatable bonds is 13. The summed E-state index contributed by atoms with van der Waals surface area (Å²) in [4.78, 5) is 50.9. The standard InChI is InChI=1S/C33H35F2N3O7S/c1-33(2,3)30(32(43)44)37-26(40)16-36-27(41)17-45-24-14-6-20(7-15-24)28-29(31(42)38(28)23-12-10-22(35)11-13-23)46-18-25(39)19-4-8-21(34)9-5-19/h4-15,25,28-30,39H,16-18H2,1-3H3,(H,36,41)(H,37,40)(H,43,44)/t25-,28-,29-,30-/m1/s1/i1D. The molecule has 1 aliphatic rings. The molecule has 10 nitrogen and oxygen atoms in total. The second-order valence-electron chi connectivity index (χ2n) is 11.4. The number of anilines is 1. The molecule has 3 aromatic rings. The van der Waals surface area contributed by atoms with Gasteiger partial charge in [0.2, 0.25) is 11.8 Å². The number of aliphatic hydroxyl groups is 1. The van der Waals surface area contributed by atoms with Gasteiger partial charge >= 0.3 is 5.97 Å². The number of nitrogens with one attached hydrogen (secondary N) is 2. The molecule has 1 fully saturated rings. The van der Waals surface area contributed by atoms with Crippen LogP contribution in [0.4, 0.5) is 14.5 Å². The van der Waals surface area contributed by atoms with Crippen molar-refractivity contribution in [1.29, 1.82) is 0 Å². The van der Waals surface area contributed by atoms with Gasteiger partial charge in [0.1, 0.15) is 28.7 Å². The monoisotopic (exact) mass is 656 g/mol. The molecule has 1 aliphatic heterocycles. The van der Waals surface area contributed by atoms with Crippen LogP contribution in [0, 0.1) is 17.0 Å². The molecule has 0 aromatic heterocycles. The van der Waals surface area contributed by atoms with Crippen LogP contribution in [-0.2, 0) is 19.2 Å². The van der Waals surface area contributed by atoms with Crippen molar-refractivity contribution in [3.63, 3.8) is 0 Å². The quantitative estimate of drug-likeness (QED) is 0.202. The number of thioether (sulfide) groups is 1. The molecule has 0 spiro atoms. The van der Waals surface area contributed by atoms with E-state index in [1.807, 2.05) is 0 Å². The van der Waals surface area contributed by atoms with Gasteiger partial charge in [-0.3, -0.25) is 14.4 Å². The third kappa shape index (κ3) is 8.61. The Morgan fingerprint density at radius 3 is 2.20 bits per heavy atom. The first-order chi connectivity index (χ1) is 22.3. The summed E-state index contributed by atoms with van der Waals surface area (Å²) in [6.07, 6.45) is -0.935. The zero-order valence-electron chi connectivity index (χ0n) is 26.1. The smallest absolute Gasteiger partial charge is 0.326 e. The molecule has 0 saturated carbocycles. The average molecular weight is 657 g/mol. The SMILES string of the molecule is [2H]CC(C)(C)[C@H](NC(=O)CNC(=O)COc1ccc([C@@H]2[C@@H](SC[C@@H](O)c3ccc(F)cc3)C(=O)N2c2ccc(F)cc2)cc1)C(=O)O. The van der Waals surface area contributed by atoms with Crippen LogP contribution in [0.25, 0.3) is 0 Å². The average Bonchev–Trinajstić information content (AvgIpc) is 3.05. The van der Waals surface area contributed by atoms with Gasteiger partial charge in [0.05, 0.1) is 18.7 Å². The van der Waals surface area contributed by atoms with Gasteiger partial charge < -0.3 is 30.5 Å². The van der Waals surface area contributed by atoms with Gasteiger partial charge in [-0.2, -0.15) is 0 Å². The zero-order valence-corrected chi connectivity index (χ0v) is 25.9. The lowest BCUT2D eigenvalue weighted by Gasteiger charge is -2.47. The summed E-state index contributed by atoms with van der Waals surface area (Å²) in [6, 6.07) is 15.9. The predicted octanol–water partition coefficient (Wildman–Crippen LogP) is 4.00. The summed E-state index contributed by atoms with van der Waals surface area (Å²) >= 11 is 1.25. The van der Waals surface area contributed by atoms with E-state index < -0.39 is 71.4 Å². The van der Waals surface area contributed by atoms with Gasteiger partial charge in [-0.25, -0.2) is 13.6 Å². The number of nitrogens with zero attached hydrogens (tertiary/aromatic N) is 1. The van der Waals surface area contributed by atoms with E-state index in [4.69, 9.17) is 6.11 Å². The zero-order chi connectivity index (χ0) is 34.3. The Balaban J connectivity index is 1.37. The summed E-state index contributed by atoms with van der Waals surface area (Å²) in [7, 11) is 0. The van der Waals surface area contributed by atoms with Crippen LogP contribution in [0.3, 0.4) is 0 Å². The number of β-lactam (4-membered cyclic amide) rings is 1. The molecule has 13 heteroatoms. The Labute approximate surface area is 270 Å². The number of benzene rings is 3. The highest BCUT2D eigenvalue weighted by atomic mass is 32.2. The van der Waals surface area contributed by atoms with Crippen molar-refractivity contribution < 1.29 is 44.3 Å². The van der Waals surface area contributed by atoms with Gasteiger partial charge in [-0.05, 0) is 65.1 Å². The normalized spacial score (nSPS) is 17.7. The minimum Gasteiger partial charge on any atom is -0.484 e. The van der Waals surface area contributed by atoms with Gasteiger partial charge in [0, 0.05) is 12.8 Å². The van der Waals surface area contributed by atoms with E-state index in [1.165, 1.54) is 65.2 Å². The Hall–Kier alpha value is -4.49. The fraction of sp³-hybridized carbons (Fsp3) is 0.333. The molecule has 1 saturated heterocycles. The summed E-state index contributed by atoms with van der Waals surface area (Å²) in [5.74, 6) is -3.24. The first-order valence-electron chi connectivity index (χ1n) is 15.0. The number of carbonyl (C=O) groups excluding carboxylic acids is 3. The predicted molar refractivity (Wildman–Crippen MR) is 168 cm³/mol. The maximum absolute atomic E-state index is 13.6. The molecule has 46 heavy (non-hydrogen) atoms. The summed E-state index contributed by atoms with van der Waals surface area (Å²) in [5, 5.41) is 24.1. The van der Waals surface area contributed by atoms with Crippen LogP contribution in [-0.4, -0.2) is 64.1 Å². The van der Waals surface area contributed by atoms with Crippen molar-refractivity contribution in [2.75, 3.05) is 23.8 Å². The number of aliphatic carboxylic acids is 1. The molecule has 4 atom stereocenters. The van der Waals surface area contributed by atoms with Crippen LogP contribution >= 0.6 is 11.8 Å². The van der Waals surface area contributed by atoms with Gasteiger partial charge in [-0.15, -0.1) is 11.8 Å². The van der Waals surface area contributed by atoms with Crippen molar-refractivity contribution in [2.24, 2.45) is 5.41 Å². The van der Waals surface area contributed by atoms with E-state index in [-0.39, 0.29) is 18.6 Å². The Bertz CT molecular complexity index is 1580. The lowest BCUT2D eigenvalue weighted by atomic mass is 9.87. The lowest BCUT2D eigenvalue weighted by molar-refractivity contribution is -0.144. The minimum atomic E-state index is -1.30. The Kier molecular flexibility index (Phi) is 10.5. The Morgan fingerprint density at radius 1 is 1.00 bits per heavy atom. The van der Waals surface area contributed by atoms with Crippen molar-refractivity contribution >= 4 is 41.1 Å². The topological polar surface area (TPSA) is 145 Å². The van der Waals surface area contributed by atoms with E-state index in [0.717, 1.165) is 5.56 Å².